The molecule has 1 amide bonds. The molecule has 1 N–H and O–H groups in total. The topological polar surface area (TPSA) is 54.9 Å². The van der Waals surface area contributed by atoms with Crippen molar-refractivity contribution < 1.29 is 4.79 Å². The highest BCUT2D eigenvalue weighted by Crippen LogP contribution is 2.35. The summed E-state index contributed by atoms with van der Waals surface area (Å²) in [6.07, 6.45) is 0.429. The van der Waals surface area contributed by atoms with Crippen molar-refractivity contribution in [3.8, 4) is 0 Å². The van der Waals surface area contributed by atoms with Crippen molar-refractivity contribution >= 4 is 77.5 Å². The van der Waals surface area contributed by atoms with Crippen LogP contribution in [0.4, 0.5) is 5.13 Å². The first kappa shape index (κ1) is 17.7. The SMILES string of the molecule is Cc1nc2ccc3nc(NC(=O)CCSc4ccc(Cl)cc4)sc3c2s1. The van der Waals surface area contributed by atoms with E-state index < -0.39 is 0 Å². The van der Waals surface area contributed by atoms with E-state index in [1.807, 2.05) is 43.3 Å². The lowest BCUT2D eigenvalue weighted by Gasteiger charge is -2.02. The molecule has 8 heteroatoms. The van der Waals surface area contributed by atoms with Crippen LogP contribution in [-0.4, -0.2) is 21.6 Å². The van der Waals surface area contributed by atoms with Gasteiger partial charge >= 0.3 is 0 Å². The van der Waals surface area contributed by atoms with Gasteiger partial charge in [-0.2, -0.15) is 0 Å². The molecule has 2 aromatic carbocycles. The number of aryl methyl sites for hydroxylation is 1. The lowest BCUT2D eigenvalue weighted by Crippen LogP contribution is -2.11. The fourth-order valence-corrected chi connectivity index (χ4v) is 5.51. The molecule has 0 aliphatic heterocycles. The molecule has 2 aromatic heterocycles. The number of thiazole rings is 2. The fourth-order valence-electron chi connectivity index (χ4n) is 2.51. The number of thioether (sulfide) groups is 1. The monoisotopic (exact) mass is 419 g/mol. The average Bonchev–Trinajstić information content (AvgIpc) is 3.18. The normalized spacial score (nSPS) is 11.3. The second kappa shape index (κ2) is 7.52. The van der Waals surface area contributed by atoms with Crippen molar-refractivity contribution in [2.75, 3.05) is 11.1 Å². The van der Waals surface area contributed by atoms with Crippen molar-refractivity contribution in [1.82, 2.24) is 9.97 Å². The van der Waals surface area contributed by atoms with Crippen LogP contribution in [-0.2, 0) is 4.79 Å². The highest BCUT2D eigenvalue weighted by Gasteiger charge is 2.12. The number of benzene rings is 2. The average molecular weight is 420 g/mol. The van der Waals surface area contributed by atoms with Gasteiger partial charge in [-0.05, 0) is 43.3 Å². The third kappa shape index (κ3) is 3.86. The maximum absolute atomic E-state index is 12.2. The molecule has 0 saturated heterocycles. The molecule has 26 heavy (non-hydrogen) atoms. The lowest BCUT2D eigenvalue weighted by molar-refractivity contribution is -0.115. The van der Waals surface area contributed by atoms with Crippen molar-refractivity contribution in [3.63, 3.8) is 0 Å². The van der Waals surface area contributed by atoms with Crippen LogP contribution in [0.5, 0.6) is 0 Å². The van der Waals surface area contributed by atoms with Gasteiger partial charge in [-0.3, -0.25) is 4.79 Å². The van der Waals surface area contributed by atoms with E-state index in [2.05, 4.69) is 15.3 Å². The third-order valence-electron chi connectivity index (χ3n) is 3.68. The second-order valence-electron chi connectivity index (χ2n) is 5.61. The number of halogens is 1. The Morgan fingerprint density at radius 3 is 2.54 bits per heavy atom. The maximum Gasteiger partial charge on any atom is 0.226 e. The summed E-state index contributed by atoms with van der Waals surface area (Å²) >= 11 is 10.7. The van der Waals surface area contributed by atoms with E-state index in [-0.39, 0.29) is 5.91 Å². The third-order valence-corrected chi connectivity index (χ3v) is 7.08. The summed E-state index contributed by atoms with van der Waals surface area (Å²) in [6.45, 7) is 2.00. The summed E-state index contributed by atoms with van der Waals surface area (Å²) in [6, 6.07) is 11.6. The molecule has 0 bridgehead atoms. The van der Waals surface area contributed by atoms with Crippen LogP contribution in [0, 0.1) is 6.92 Å². The van der Waals surface area contributed by atoms with Crippen molar-refractivity contribution in [2.45, 2.75) is 18.2 Å². The van der Waals surface area contributed by atoms with Crippen LogP contribution in [0.1, 0.15) is 11.4 Å². The highest BCUT2D eigenvalue weighted by molar-refractivity contribution is 7.99. The Bertz CT molecular complexity index is 1090. The first-order valence-electron chi connectivity index (χ1n) is 7.93. The summed E-state index contributed by atoms with van der Waals surface area (Å²) in [4.78, 5) is 22.4. The number of carbonyl (C=O) groups excluding carboxylic acids is 1. The van der Waals surface area contributed by atoms with Gasteiger partial charge in [0.1, 0.15) is 0 Å². The Balaban J connectivity index is 1.40. The van der Waals surface area contributed by atoms with Crippen molar-refractivity contribution in [2.24, 2.45) is 0 Å². The molecule has 0 fully saturated rings. The lowest BCUT2D eigenvalue weighted by atomic mass is 10.3. The molecular weight excluding hydrogens is 406 g/mol. The quantitative estimate of drug-likeness (QED) is 0.404. The highest BCUT2D eigenvalue weighted by atomic mass is 35.5. The molecule has 0 saturated carbocycles. The molecular formula is C18H14ClN3OS3. The zero-order chi connectivity index (χ0) is 18.1. The van der Waals surface area contributed by atoms with Gasteiger partial charge in [-0.25, -0.2) is 9.97 Å². The molecule has 4 nitrogen and oxygen atoms in total. The van der Waals surface area contributed by atoms with E-state index in [9.17, 15) is 4.79 Å². The largest absolute Gasteiger partial charge is 0.302 e. The second-order valence-corrected chi connectivity index (χ2v) is 9.42. The van der Waals surface area contributed by atoms with Crippen molar-refractivity contribution in [1.29, 1.82) is 0 Å². The van der Waals surface area contributed by atoms with Gasteiger partial charge < -0.3 is 5.32 Å². The Hall–Kier alpha value is -1.67. The smallest absolute Gasteiger partial charge is 0.226 e. The number of aromatic nitrogens is 2. The van der Waals surface area contributed by atoms with Gasteiger partial charge in [-0.15, -0.1) is 23.1 Å². The van der Waals surface area contributed by atoms with Crippen LogP contribution < -0.4 is 5.32 Å². The number of nitrogens with one attached hydrogen (secondary N) is 1. The van der Waals surface area contributed by atoms with Crippen LogP contribution in [0.15, 0.2) is 41.3 Å². The van der Waals surface area contributed by atoms with Crippen molar-refractivity contribution in [3.05, 3.63) is 46.4 Å². The Morgan fingerprint density at radius 2 is 1.77 bits per heavy atom. The molecule has 0 aliphatic rings. The number of nitrogens with zero attached hydrogens (tertiary/aromatic N) is 2. The minimum atomic E-state index is -0.0257. The van der Waals surface area contributed by atoms with E-state index in [0.717, 1.165) is 30.3 Å². The van der Waals surface area contributed by atoms with Gasteiger partial charge in [-0.1, -0.05) is 22.9 Å². The summed E-state index contributed by atoms with van der Waals surface area (Å²) in [5.74, 6) is 0.679. The Labute approximate surface area is 167 Å². The molecule has 0 spiro atoms. The number of fused-ring (bicyclic) bond motifs is 3. The van der Waals surface area contributed by atoms with Crippen LogP contribution in [0.3, 0.4) is 0 Å². The summed E-state index contributed by atoms with van der Waals surface area (Å²) < 4.78 is 2.22. The van der Waals surface area contributed by atoms with E-state index in [4.69, 9.17) is 11.6 Å². The predicted octanol–water partition coefficient (Wildman–Crippen LogP) is 5.99. The molecule has 2 heterocycles. The number of hydrogen-bond donors (Lipinski definition) is 1. The molecule has 4 rings (SSSR count). The first-order valence-corrected chi connectivity index (χ1v) is 10.9. The minimum Gasteiger partial charge on any atom is -0.302 e. The van der Waals surface area contributed by atoms with Gasteiger partial charge in [0.25, 0.3) is 0 Å². The summed E-state index contributed by atoms with van der Waals surface area (Å²) in [7, 11) is 0. The van der Waals surface area contributed by atoms with Gasteiger partial charge in [0.2, 0.25) is 5.91 Å². The standard InChI is InChI=1S/C18H14ClN3OS3/c1-10-20-13-6-7-14-17(16(13)25-10)26-18(21-14)22-15(23)8-9-24-12-4-2-11(19)3-5-12/h2-7H,8-9H2,1H3,(H,21,22,23). The van der Waals surface area contributed by atoms with Crippen LogP contribution >= 0.6 is 46.0 Å². The maximum atomic E-state index is 12.2. The zero-order valence-corrected chi connectivity index (χ0v) is 17.0. The number of carbonyl (C=O) groups is 1. The molecule has 0 atom stereocenters. The Morgan fingerprint density at radius 1 is 1.08 bits per heavy atom. The van der Waals surface area contributed by atoms with E-state index in [0.29, 0.717) is 22.3 Å². The molecule has 0 radical (unpaired) electrons. The predicted molar refractivity (Wildman–Crippen MR) is 113 cm³/mol. The molecule has 4 aromatic rings. The van der Waals surface area contributed by atoms with E-state index >= 15 is 0 Å². The number of amides is 1. The first-order chi connectivity index (χ1) is 12.6. The number of rotatable bonds is 5. The molecule has 0 unspecified atom stereocenters. The fraction of sp³-hybridized carbons (Fsp3) is 0.167. The van der Waals surface area contributed by atoms with Gasteiger partial charge in [0.05, 0.1) is 25.4 Å². The summed E-state index contributed by atoms with van der Waals surface area (Å²) in [5.41, 5.74) is 1.89. The van der Waals surface area contributed by atoms with E-state index in [1.54, 1.807) is 23.1 Å². The number of hydrogen-bond acceptors (Lipinski definition) is 6. The summed E-state index contributed by atoms with van der Waals surface area (Å²) in [5, 5.41) is 5.30. The van der Waals surface area contributed by atoms with Gasteiger partial charge in [0, 0.05) is 22.1 Å². The number of anilines is 1. The zero-order valence-electron chi connectivity index (χ0n) is 13.8. The van der Waals surface area contributed by atoms with Gasteiger partial charge in [0.15, 0.2) is 5.13 Å². The Kier molecular flexibility index (Phi) is 5.13. The van der Waals surface area contributed by atoms with E-state index in [1.165, 1.54) is 11.3 Å². The van der Waals surface area contributed by atoms with Crippen LogP contribution in [0.25, 0.3) is 20.4 Å². The molecule has 0 aliphatic carbocycles. The molecule has 132 valence electrons. The van der Waals surface area contributed by atoms with Crippen LogP contribution in [0.2, 0.25) is 5.02 Å². The minimum absolute atomic E-state index is 0.0257.